The smallest absolute Gasteiger partial charge is 0.305 e. The largest absolute Gasteiger partial charge is 0.496 e. The molecule has 20 heavy (non-hydrogen) atoms. The minimum absolute atomic E-state index is 0.000128. The van der Waals surface area contributed by atoms with Crippen molar-refractivity contribution in [2.24, 2.45) is 0 Å². The van der Waals surface area contributed by atoms with E-state index in [4.69, 9.17) is 9.84 Å². The number of aryl methyl sites for hydroxylation is 1. The number of ether oxygens (including phenoxy) is 1. The number of rotatable bonds is 4. The molecule has 0 saturated carbocycles. The second-order valence-corrected chi connectivity index (χ2v) is 5.10. The molecule has 1 aromatic carbocycles. The first kappa shape index (κ1) is 14.4. The lowest BCUT2D eigenvalue weighted by atomic mass is 10.1. The van der Waals surface area contributed by atoms with Gasteiger partial charge in [-0.15, -0.1) is 0 Å². The summed E-state index contributed by atoms with van der Waals surface area (Å²) in [6, 6.07) is 5.22. The fourth-order valence-corrected chi connectivity index (χ4v) is 2.66. The van der Waals surface area contributed by atoms with E-state index in [0.717, 1.165) is 18.4 Å². The summed E-state index contributed by atoms with van der Waals surface area (Å²) in [6.07, 6.45) is 1.59. The molecule has 0 spiro atoms. The Balaban J connectivity index is 2.26. The Morgan fingerprint density at radius 3 is 2.85 bits per heavy atom. The Bertz CT molecular complexity index is 527. The summed E-state index contributed by atoms with van der Waals surface area (Å²) < 4.78 is 5.23. The molecule has 0 aliphatic carbocycles. The van der Waals surface area contributed by atoms with Crippen LogP contribution in [0.2, 0.25) is 0 Å². The van der Waals surface area contributed by atoms with Crippen LogP contribution in [0.25, 0.3) is 0 Å². The number of carbonyl (C=O) groups excluding carboxylic acids is 1. The van der Waals surface area contributed by atoms with Gasteiger partial charge in [0.1, 0.15) is 5.75 Å². The molecule has 1 aliphatic heterocycles. The molecule has 0 bridgehead atoms. The van der Waals surface area contributed by atoms with Crippen molar-refractivity contribution in [2.45, 2.75) is 32.2 Å². The van der Waals surface area contributed by atoms with Gasteiger partial charge < -0.3 is 14.7 Å². The van der Waals surface area contributed by atoms with Gasteiger partial charge in [-0.25, -0.2) is 0 Å². The van der Waals surface area contributed by atoms with E-state index in [0.29, 0.717) is 17.9 Å². The average Bonchev–Trinajstić information content (AvgIpc) is 2.85. The summed E-state index contributed by atoms with van der Waals surface area (Å²) >= 11 is 0. The number of aliphatic carboxylic acids is 1. The normalized spacial score (nSPS) is 18.1. The molecule has 1 aliphatic rings. The Labute approximate surface area is 118 Å². The highest BCUT2D eigenvalue weighted by molar-refractivity contribution is 5.97. The number of benzene rings is 1. The van der Waals surface area contributed by atoms with E-state index in [-0.39, 0.29) is 18.4 Å². The highest BCUT2D eigenvalue weighted by atomic mass is 16.5. The molecule has 1 fully saturated rings. The standard InChI is InChI=1S/C15H19NO4/c1-10-5-6-13(20-2)12(8-10)15(19)16-7-3-4-11(16)9-14(17)18/h5-6,8,11H,3-4,7,9H2,1-2H3,(H,17,18). The van der Waals surface area contributed by atoms with Gasteiger partial charge in [-0.05, 0) is 31.9 Å². The molecular formula is C15H19NO4. The first-order valence-electron chi connectivity index (χ1n) is 6.70. The van der Waals surface area contributed by atoms with Gasteiger partial charge in [-0.1, -0.05) is 11.6 Å². The topological polar surface area (TPSA) is 66.8 Å². The molecule has 1 unspecified atom stereocenters. The number of hydrogen-bond acceptors (Lipinski definition) is 3. The average molecular weight is 277 g/mol. The predicted molar refractivity (Wildman–Crippen MR) is 74.0 cm³/mol. The third kappa shape index (κ3) is 2.92. The molecule has 1 amide bonds. The number of carboxylic acid groups (broad SMARTS) is 1. The molecule has 1 heterocycles. The highest BCUT2D eigenvalue weighted by Gasteiger charge is 2.32. The number of hydrogen-bond donors (Lipinski definition) is 1. The van der Waals surface area contributed by atoms with Crippen molar-refractivity contribution in [1.82, 2.24) is 4.90 Å². The van der Waals surface area contributed by atoms with Crippen molar-refractivity contribution in [3.8, 4) is 5.75 Å². The van der Waals surface area contributed by atoms with E-state index in [1.54, 1.807) is 17.0 Å². The lowest BCUT2D eigenvalue weighted by molar-refractivity contribution is -0.137. The fraction of sp³-hybridized carbons (Fsp3) is 0.467. The van der Waals surface area contributed by atoms with Crippen LogP contribution in [0, 0.1) is 6.92 Å². The molecule has 1 atom stereocenters. The maximum absolute atomic E-state index is 12.6. The van der Waals surface area contributed by atoms with Crippen LogP contribution in [0.1, 0.15) is 35.2 Å². The van der Waals surface area contributed by atoms with Crippen LogP contribution in [-0.2, 0) is 4.79 Å². The minimum Gasteiger partial charge on any atom is -0.496 e. The Kier molecular flexibility index (Phi) is 4.27. The van der Waals surface area contributed by atoms with Crippen molar-refractivity contribution in [3.05, 3.63) is 29.3 Å². The van der Waals surface area contributed by atoms with Crippen molar-refractivity contribution in [1.29, 1.82) is 0 Å². The van der Waals surface area contributed by atoms with Crippen molar-refractivity contribution in [2.75, 3.05) is 13.7 Å². The second-order valence-electron chi connectivity index (χ2n) is 5.10. The first-order chi connectivity index (χ1) is 9.52. The number of carbonyl (C=O) groups is 2. The molecule has 108 valence electrons. The van der Waals surface area contributed by atoms with Gasteiger partial charge in [0.05, 0.1) is 19.1 Å². The number of amides is 1. The van der Waals surface area contributed by atoms with Gasteiger partial charge in [0.25, 0.3) is 5.91 Å². The lowest BCUT2D eigenvalue weighted by Crippen LogP contribution is -2.37. The summed E-state index contributed by atoms with van der Waals surface area (Å²) in [5.41, 5.74) is 1.48. The molecule has 1 saturated heterocycles. The van der Waals surface area contributed by atoms with Crippen LogP contribution in [0.5, 0.6) is 5.75 Å². The summed E-state index contributed by atoms with van der Waals surface area (Å²) in [7, 11) is 1.53. The van der Waals surface area contributed by atoms with Gasteiger partial charge in [-0.2, -0.15) is 0 Å². The Morgan fingerprint density at radius 2 is 2.20 bits per heavy atom. The van der Waals surface area contributed by atoms with Crippen LogP contribution in [0.15, 0.2) is 18.2 Å². The molecule has 5 nitrogen and oxygen atoms in total. The van der Waals surface area contributed by atoms with Gasteiger partial charge in [0.15, 0.2) is 0 Å². The Hall–Kier alpha value is -2.04. The van der Waals surface area contributed by atoms with E-state index in [1.165, 1.54) is 7.11 Å². The van der Waals surface area contributed by atoms with Gasteiger partial charge >= 0.3 is 5.97 Å². The van der Waals surface area contributed by atoms with E-state index < -0.39 is 5.97 Å². The molecule has 0 aromatic heterocycles. The quantitative estimate of drug-likeness (QED) is 0.915. The van der Waals surface area contributed by atoms with Crippen molar-refractivity contribution < 1.29 is 19.4 Å². The minimum atomic E-state index is -0.870. The van der Waals surface area contributed by atoms with Crippen molar-refractivity contribution in [3.63, 3.8) is 0 Å². The van der Waals surface area contributed by atoms with E-state index >= 15 is 0 Å². The summed E-state index contributed by atoms with van der Waals surface area (Å²) in [5.74, 6) is -0.484. The zero-order valence-corrected chi connectivity index (χ0v) is 11.8. The lowest BCUT2D eigenvalue weighted by Gasteiger charge is -2.24. The monoisotopic (exact) mass is 277 g/mol. The summed E-state index contributed by atoms with van der Waals surface area (Å²) in [4.78, 5) is 25.2. The zero-order chi connectivity index (χ0) is 14.7. The molecule has 1 N–H and O–H groups in total. The number of methoxy groups -OCH3 is 1. The van der Waals surface area contributed by atoms with E-state index in [1.807, 2.05) is 13.0 Å². The van der Waals surface area contributed by atoms with Crippen LogP contribution >= 0.6 is 0 Å². The summed E-state index contributed by atoms with van der Waals surface area (Å²) in [6.45, 7) is 2.52. The second kappa shape index (κ2) is 5.94. The van der Waals surface area contributed by atoms with Gasteiger partial charge in [0, 0.05) is 12.6 Å². The molecule has 5 heteroatoms. The highest BCUT2D eigenvalue weighted by Crippen LogP contribution is 2.27. The Morgan fingerprint density at radius 1 is 1.45 bits per heavy atom. The van der Waals surface area contributed by atoms with Crippen molar-refractivity contribution >= 4 is 11.9 Å². The molecule has 0 radical (unpaired) electrons. The predicted octanol–water partition coefficient (Wildman–Crippen LogP) is 2.08. The molecule has 2 rings (SSSR count). The maximum Gasteiger partial charge on any atom is 0.305 e. The van der Waals surface area contributed by atoms with E-state index in [9.17, 15) is 9.59 Å². The zero-order valence-electron chi connectivity index (χ0n) is 11.8. The number of likely N-dealkylation sites (tertiary alicyclic amines) is 1. The molecular weight excluding hydrogens is 258 g/mol. The van der Waals surface area contributed by atoms with Crippen LogP contribution in [-0.4, -0.2) is 41.6 Å². The summed E-state index contributed by atoms with van der Waals surface area (Å²) in [5, 5.41) is 8.93. The third-order valence-corrected chi connectivity index (χ3v) is 3.63. The van der Waals surface area contributed by atoms with Crippen LogP contribution in [0.4, 0.5) is 0 Å². The first-order valence-corrected chi connectivity index (χ1v) is 6.70. The maximum atomic E-state index is 12.6. The van der Waals surface area contributed by atoms with Crippen LogP contribution < -0.4 is 4.74 Å². The molecule has 1 aromatic rings. The number of carboxylic acids is 1. The third-order valence-electron chi connectivity index (χ3n) is 3.63. The van der Waals surface area contributed by atoms with Gasteiger partial charge in [0.2, 0.25) is 0 Å². The SMILES string of the molecule is COc1ccc(C)cc1C(=O)N1CCCC1CC(=O)O. The fourth-order valence-electron chi connectivity index (χ4n) is 2.66. The van der Waals surface area contributed by atoms with E-state index in [2.05, 4.69) is 0 Å². The van der Waals surface area contributed by atoms with Gasteiger partial charge in [-0.3, -0.25) is 9.59 Å². The van der Waals surface area contributed by atoms with Crippen LogP contribution in [0.3, 0.4) is 0 Å². The number of nitrogens with zero attached hydrogens (tertiary/aromatic N) is 1.